The van der Waals surface area contributed by atoms with Crippen molar-refractivity contribution >= 4 is 35.1 Å². The molecule has 8 atom stereocenters. The molecule has 0 heterocycles. The molecule has 5 rings (SSSR count). The van der Waals surface area contributed by atoms with Crippen LogP contribution in [0.5, 0.6) is 0 Å². The Labute approximate surface area is 249 Å². The molecular weight excluding hydrogens is 536 g/mol. The van der Waals surface area contributed by atoms with Crippen LogP contribution >= 0.6 is 11.8 Å². The Hall–Kier alpha value is -1.73. The Kier molecular flexibility index (Phi) is 7.03. The van der Waals surface area contributed by atoms with Gasteiger partial charge in [-0.15, -0.1) is 11.8 Å². The number of fused-ring (bicyclic) bond motifs is 7. The molecule has 0 unspecified atom stereocenters. The highest BCUT2D eigenvalue weighted by molar-refractivity contribution is 8.02. The van der Waals surface area contributed by atoms with Crippen LogP contribution in [-0.2, 0) is 23.9 Å². The molecule has 4 fully saturated rings. The van der Waals surface area contributed by atoms with Crippen LogP contribution in [0.4, 0.5) is 0 Å². The Morgan fingerprint density at radius 2 is 1.66 bits per heavy atom. The monoisotopic (exact) mass is 584 g/mol. The quantitative estimate of drug-likeness (QED) is 0.243. The second-order valence-electron chi connectivity index (χ2n) is 15.5. The number of ether oxygens (including phenoxy) is 1. The first-order valence-corrected chi connectivity index (χ1v) is 16.5. The van der Waals surface area contributed by atoms with Crippen LogP contribution in [0, 0.1) is 50.2 Å². The van der Waals surface area contributed by atoms with Crippen molar-refractivity contribution in [2.24, 2.45) is 50.2 Å². The third-order valence-corrected chi connectivity index (χ3v) is 14.2. The zero-order valence-electron chi connectivity index (χ0n) is 26.4. The average Bonchev–Trinajstić information content (AvgIpc) is 2.92. The maximum Gasteiger partial charge on any atom is 0.312 e. The molecule has 4 saturated carbocycles. The van der Waals surface area contributed by atoms with E-state index < -0.39 is 45.2 Å². The van der Waals surface area contributed by atoms with Gasteiger partial charge in [-0.05, 0) is 110 Å². The fraction of sp³-hybridized carbons (Fsp3) is 0.765. The first kappa shape index (κ1) is 30.7. The number of rotatable bonds is 3. The minimum atomic E-state index is -1.21. The molecule has 0 radical (unpaired) electrons. The molecule has 0 aromatic rings. The number of allylic oxidation sites excluding steroid dienone is 4. The van der Waals surface area contributed by atoms with Gasteiger partial charge in [-0.1, -0.05) is 34.6 Å². The summed E-state index contributed by atoms with van der Waals surface area (Å²) in [6.07, 6.45) is 9.00. The molecule has 226 valence electrons. The summed E-state index contributed by atoms with van der Waals surface area (Å²) in [5.74, 6) is -1.95. The molecule has 41 heavy (non-hydrogen) atoms. The van der Waals surface area contributed by atoms with Crippen LogP contribution in [0.15, 0.2) is 22.1 Å². The van der Waals surface area contributed by atoms with Crippen LogP contribution in [0.2, 0.25) is 0 Å². The lowest BCUT2D eigenvalue weighted by Gasteiger charge is -2.69. The van der Waals surface area contributed by atoms with Crippen LogP contribution in [0.25, 0.3) is 0 Å². The lowest BCUT2D eigenvalue weighted by atomic mass is 9.33. The van der Waals surface area contributed by atoms with Crippen molar-refractivity contribution in [3.05, 3.63) is 22.1 Å². The summed E-state index contributed by atoms with van der Waals surface area (Å²) in [4.78, 5) is 56.4. The van der Waals surface area contributed by atoms with Crippen molar-refractivity contribution < 1.29 is 29.0 Å². The maximum absolute atomic E-state index is 14.6. The van der Waals surface area contributed by atoms with Gasteiger partial charge in [0.15, 0.2) is 5.78 Å². The number of thioether (sulfide) groups is 1. The fourth-order valence-corrected chi connectivity index (χ4v) is 11.3. The van der Waals surface area contributed by atoms with Crippen LogP contribution in [0.3, 0.4) is 0 Å². The summed E-state index contributed by atoms with van der Waals surface area (Å²) >= 11 is 1.46. The summed E-state index contributed by atoms with van der Waals surface area (Å²) in [5, 5.41) is 10.6. The van der Waals surface area contributed by atoms with Crippen molar-refractivity contribution in [3.8, 4) is 0 Å². The number of esters is 1. The summed E-state index contributed by atoms with van der Waals surface area (Å²) < 4.78 is 5.43. The number of carbonyl (C=O) groups is 4. The molecular formula is C34H48O6S. The zero-order chi connectivity index (χ0) is 30.6. The van der Waals surface area contributed by atoms with Gasteiger partial charge in [0.1, 0.15) is 0 Å². The van der Waals surface area contributed by atoms with Gasteiger partial charge >= 0.3 is 5.97 Å². The van der Waals surface area contributed by atoms with Gasteiger partial charge < -0.3 is 9.84 Å². The normalized spacial score (nSPS) is 46.4. The Morgan fingerprint density at radius 1 is 1.02 bits per heavy atom. The molecule has 0 amide bonds. The van der Waals surface area contributed by atoms with E-state index in [1.807, 2.05) is 19.3 Å². The van der Waals surface area contributed by atoms with E-state index in [2.05, 4.69) is 34.6 Å². The molecule has 5 aliphatic carbocycles. The predicted molar refractivity (Wildman–Crippen MR) is 160 cm³/mol. The van der Waals surface area contributed by atoms with Crippen molar-refractivity contribution in [2.75, 3.05) is 20.0 Å². The molecule has 0 aliphatic heterocycles. The second kappa shape index (κ2) is 9.38. The number of ketones is 3. The number of hydrogen-bond donors (Lipinski definition) is 1. The minimum absolute atomic E-state index is 0.0136. The maximum atomic E-state index is 14.6. The van der Waals surface area contributed by atoms with Gasteiger partial charge in [0.25, 0.3) is 0 Å². The topological polar surface area (TPSA) is 97.7 Å². The number of aliphatic hydroxyl groups is 1. The Bertz CT molecular complexity index is 1290. The summed E-state index contributed by atoms with van der Waals surface area (Å²) in [5.41, 5.74) is -2.15. The first-order valence-electron chi connectivity index (χ1n) is 15.3. The number of carbonyl (C=O) groups excluding carboxylic acids is 4. The minimum Gasteiger partial charge on any atom is -0.469 e. The second-order valence-corrected chi connectivity index (χ2v) is 16.5. The van der Waals surface area contributed by atoms with E-state index in [9.17, 15) is 24.3 Å². The third-order valence-electron chi connectivity index (χ3n) is 13.4. The SMILES string of the molecule is COC(=O)[C@]12CCC(C)(C)C[C@H]1[C@H]1C(=O)C=C3[C@@]4(C)/C(=C(/C)SC)C(=O)C(=O)[C@](C)(CO)[C@@H]4CC[C@@]3(C)[C@]1(C)CC2. The van der Waals surface area contributed by atoms with Gasteiger partial charge in [-0.25, -0.2) is 0 Å². The van der Waals surface area contributed by atoms with Crippen LogP contribution in [-0.4, -0.2) is 48.4 Å². The molecule has 0 spiro atoms. The standard InChI is InChI=1S/C34H48O6S/c1-19(41-9)24-26(37)27(38)30(4,18-35)22-10-11-31(5)23(33(22,24)7)16-21(36)25-20-17-29(2,3)12-14-34(20,28(39)40-8)15-13-32(25,31)6/h16,20,22,25,35H,10-15,17-18H2,1-9H3/b24-19-/t20-,22-,25-,30+,31+,32+,33-,34-/m0/s1. The molecule has 0 aromatic heterocycles. The van der Waals surface area contributed by atoms with Crippen molar-refractivity contribution in [2.45, 2.75) is 93.4 Å². The molecule has 0 saturated heterocycles. The Balaban J connectivity index is 1.76. The first-order chi connectivity index (χ1) is 18.9. The fourth-order valence-electron chi connectivity index (χ4n) is 10.8. The van der Waals surface area contributed by atoms with Gasteiger partial charge in [0.05, 0.1) is 24.5 Å². The molecule has 6 nitrogen and oxygen atoms in total. The lowest BCUT2D eigenvalue weighted by Crippen LogP contribution is -2.67. The third kappa shape index (κ3) is 3.66. The van der Waals surface area contributed by atoms with Crippen molar-refractivity contribution in [1.82, 2.24) is 0 Å². The highest BCUT2D eigenvalue weighted by atomic mass is 32.2. The molecule has 7 heteroatoms. The van der Waals surface area contributed by atoms with E-state index in [1.54, 1.807) is 6.92 Å². The van der Waals surface area contributed by atoms with E-state index >= 15 is 0 Å². The van der Waals surface area contributed by atoms with E-state index in [4.69, 9.17) is 4.74 Å². The highest BCUT2D eigenvalue weighted by Gasteiger charge is 2.73. The van der Waals surface area contributed by atoms with Gasteiger partial charge in [-0.2, -0.15) is 0 Å². The molecule has 0 aromatic carbocycles. The predicted octanol–water partition coefficient (Wildman–Crippen LogP) is 6.11. The highest BCUT2D eigenvalue weighted by Crippen LogP contribution is 2.75. The number of hydrogen-bond acceptors (Lipinski definition) is 7. The van der Waals surface area contributed by atoms with E-state index in [0.717, 1.165) is 36.2 Å². The zero-order valence-corrected chi connectivity index (χ0v) is 27.2. The smallest absolute Gasteiger partial charge is 0.312 e. The summed E-state index contributed by atoms with van der Waals surface area (Å²) in [6.45, 7) is 14.3. The van der Waals surface area contributed by atoms with E-state index in [1.165, 1.54) is 18.9 Å². The number of methoxy groups -OCH3 is 1. The number of Topliss-reactive ketones (excluding diaryl/α,β-unsaturated/α-hetero) is 2. The van der Waals surface area contributed by atoms with E-state index in [0.29, 0.717) is 24.8 Å². The van der Waals surface area contributed by atoms with Crippen molar-refractivity contribution in [1.29, 1.82) is 0 Å². The number of aliphatic hydroxyl groups excluding tert-OH is 1. The molecule has 1 N–H and O–H groups in total. The van der Waals surface area contributed by atoms with Gasteiger partial charge in [0.2, 0.25) is 11.6 Å². The van der Waals surface area contributed by atoms with E-state index in [-0.39, 0.29) is 34.9 Å². The van der Waals surface area contributed by atoms with Gasteiger partial charge in [0, 0.05) is 16.9 Å². The molecule has 5 aliphatic rings. The van der Waals surface area contributed by atoms with Crippen LogP contribution < -0.4 is 0 Å². The summed E-state index contributed by atoms with van der Waals surface area (Å²) in [6, 6.07) is 0. The van der Waals surface area contributed by atoms with Crippen molar-refractivity contribution in [3.63, 3.8) is 0 Å². The Morgan fingerprint density at radius 3 is 2.24 bits per heavy atom. The average molecular weight is 585 g/mol. The molecule has 0 bridgehead atoms. The lowest BCUT2D eigenvalue weighted by molar-refractivity contribution is -0.192. The van der Waals surface area contributed by atoms with Gasteiger partial charge in [-0.3, -0.25) is 19.2 Å². The summed E-state index contributed by atoms with van der Waals surface area (Å²) in [7, 11) is 1.47. The van der Waals surface area contributed by atoms with Crippen LogP contribution in [0.1, 0.15) is 93.4 Å². The largest absolute Gasteiger partial charge is 0.469 e.